The van der Waals surface area contributed by atoms with Crippen molar-refractivity contribution >= 4 is 32.1 Å². The fraction of sp³-hybridized carbons (Fsp3) is 0.119. The third-order valence-electron chi connectivity index (χ3n) is 9.51. The van der Waals surface area contributed by atoms with Crippen molar-refractivity contribution in [1.29, 1.82) is 0 Å². The third-order valence-corrected chi connectivity index (χ3v) is 12.4. The van der Waals surface area contributed by atoms with E-state index in [4.69, 9.17) is 9.84 Å². The zero-order valence-corrected chi connectivity index (χ0v) is 29.7. The van der Waals surface area contributed by atoms with Crippen LogP contribution >= 0.6 is 11.3 Å². The molecule has 0 N–H and O–H groups in total. The second-order valence-corrected chi connectivity index (χ2v) is 15.9. The molecule has 0 amide bonds. The number of benzene rings is 4. The zero-order valence-electron chi connectivity index (χ0n) is 28.0. The Balaban J connectivity index is 1.40. The van der Waals surface area contributed by atoms with Crippen LogP contribution < -0.4 is 4.74 Å². The maximum absolute atomic E-state index is 12.3. The first kappa shape index (κ1) is 32.6. The van der Waals surface area contributed by atoms with Gasteiger partial charge in [0.15, 0.2) is 9.84 Å². The minimum absolute atomic E-state index is 0.0586. The predicted octanol–water partition coefficient (Wildman–Crippen LogP) is 9.23. The van der Waals surface area contributed by atoms with E-state index in [2.05, 4.69) is 106 Å². The first-order valence-corrected chi connectivity index (χ1v) is 19.3. The lowest BCUT2D eigenvalue weighted by Gasteiger charge is -2.41. The van der Waals surface area contributed by atoms with E-state index in [-0.39, 0.29) is 5.92 Å². The second kappa shape index (κ2) is 13.2. The van der Waals surface area contributed by atoms with Crippen molar-refractivity contribution in [3.63, 3.8) is 0 Å². The third kappa shape index (κ3) is 5.88. The van der Waals surface area contributed by atoms with Gasteiger partial charge in [0.05, 0.1) is 23.2 Å². The van der Waals surface area contributed by atoms with Gasteiger partial charge in [0, 0.05) is 34.9 Å². The van der Waals surface area contributed by atoms with Crippen molar-refractivity contribution in [1.82, 2.24) is 19.7 Å². The van der Waals surface area contributed by atoms with Crippen LogP contribution in [-0.4, -0.2) is 41.5 Å². The van der Waals surface area contributed by atoms with Gasteiger partial charge in [-0.05, 0) is 71.6 Å². The topological polar surface area (TPSA) is 87.0 Å². The van der Waals surface area contributed by atoms with Gasteiger partial charge in [0.1, 0.15) is 27.5 Å². The minimum Gasteiger partial charge on any atom is -0.497 e. The molecule has 0 saturated carbocycles. The standard InChI is InChI=1S/C42H34N4O3S2/c1-49-34-21-18-29(19-22-34)40-36(30-20-23-37-35(26-30)41(44-28-43-37)38-24-25-39(50-38)51(2,47)48)27-46(45-40)42(31-12-6-3-7-13-31,32-14-8-4-9-15-32)33-16-10-5-11-17-33/h3-16,18-28,33H,17H2,1-2H3. The van der Waals surface area contributed by atoms with Gasteiger partial charge in [-0.25, -0.2) is 18.4 Å². The van der Waals surface area contributed by atoms with E-state index in [1.807, 2.05) is 48.5 Å². The number of fused-ring (bicyclic) bond motifs is 1. The Morgan fingerprint density at radius 1 is 0.804 bits per heavy atom. The molecule has 8 rings (SSSR count). The SMILES string of the molecule is COc1ccc(-c2nn(C(c3ccccc3)(c3ccccc3)C3C=CC=CC3)cc2-c2ccc3ncnc(-c4ccc(S(C)(=O)=O)s4)c3c2)cc1. The van der Waals surface area contributed by atoms with Gasteiger partial charge in [-0.15, -0.1) is 11.3 Å². The van der Waals surface area contributed by atoms with Gasteiger partial charge >= 0.3 is 0 Å². The molecule has 3 heterocycles. The van der Waals surface area contributed by atoms with Crippen molar-refractivity contribution in [2.75, 3.05) is 13.4 Å². The maximum atomic E-state index is 12.3. The van der Waals surface area contributed by atoms with Crippen LogP contribution in [0.4, 0.5) is 0 Å². The molecule has 51 heavy (non-hydrogen) atoms. The Bertz CT molecular complexity index is 2480. The summed E-state index contributed by atoms with van der Waals surface area (Å²) >= 11 is 1.21. The van der Waals surface area contributed by atoms with Gasteiger partial charge in [0.2, 0.25) is 0 Å². The van der Waals surface area contributed by atoms with E-state index in [1.54, 1.807) is 13.2 Å². The van der Waals surface area contributed by atoms with Crippen molar-refractivity contribution in [2.24, 2.45) is 5.92 Å². The number of hydrogen-bond acceptors (Lipinski definition) is 7. The molecular weight excluding hydrogens is 673 g/mol. The summed E-state index contributed by atoms with van der Waals surface area (Å²) < 4.78 is 32.7. The Kier molecular flexibility index (Phi) is 8.45. The van der Waals surface area contributed by atoms with E-state index in [0.717, 1.165) is 61.5 Å². The largest absolute Gasteiger partial charge is 0.497 e. The number of nitrogens with zero attached hydrogens (tertiary/aromatic N) is 4. The molecule has 7 aromatic rings. The highest BCUT2D eigenvalue weighted by Gasteiger charge is 2.44. The van der Waals surface area contributed by atoms with Crippen LogP contribution in [-0.2, 0) is 15.4 Å². The summed E-state index contributed by atoms with van der Waals surface area (Å²) in [6.07, 6.45) is 14.5. The van der Waals surface area contributed by atoms with E-state index in [9.17, 15) is 8.42 Å². The summed E-state index contributed by atoms with van der Waals surface area (Å²) in [5.74, 6) is 0.821. The lowest BCUT2D eigenvalue weighted by atomic mass is 9.70. The molecule has 7 nitrogen and oxygen atoms in total. The smallest absolute Gasteiger partial charge is 0.184 e. The Morgan fingerprint density at radius 3 is 2.14 bits per heavy atom. The van der Waals surface area contributed by atoms with Gasteiger partial charge < -0.3 is 4.74 Å². The number of methoxy groups -OCH3 is 1. The molecular formula is C42H34N4O3S2. The zero-order chi connectivity index (χ0) is 35.0. The number of ether oxygens (including phenoxy) is 1. The molecule has 0 fully saturated rings. The fourth-order valence-electron chi connectivity index (χ4n) is 7.10. The fourth-order valence-corrected chi connectivity index (χ4v) is 9.04. The van der Waals surface area contributed by atoms with Crippen LogP contribution in [0.1, 0.15) is 17.5 Å². The van der Waals surface area contributed by atoms with Crippen molar-refractivity contribution in [2.45, 2.75) is 16.2 Å². The number of thiophene rings is 1. The number of rotatable bonds is 9. The molecule has 0 bridgehead atoms. The average Bonchev–Trinajstić information content (AvgIpc) is 3.86. The summed E-state index contributed by atoms with van der Waals surface area (Å²) in [6, 6.07) is 38.8. The molecule has 1 unspecified atom stereocenters. The first-order valence-electron chi connectivity index (χ1n) is 16.6. The first-order chi connectivity index (χ1) is 24.9. The average molecular weight is 707 g/mol. The van der Waals surface area contributed by atoms with Crippen molar-refractivity contribution < 1.29 is 13.2 Å². The van der Waals surface area contributed by atoms with Gasteiger partial charge in [0.25, 0.3) is 0 Å². The van der Waals surface area contributed by atoms with Crippen LogP contribution in [0.15, 0.2) is 156 Å². The van der Waals surface area contributed by atoms with Crippen molar-refractivity contribution in [3.8, 4) is 38.7 Å². The lowest BCUT2D eigenvalue weighted by molar-refractivity contribution is 0.293. The van der Waals surface area contributed by atoms with E-state index in [1.165, 1.54) is 23.9 Å². The predicted molar refractivity (Wildman–Crippen MR) is 205 cm³/mol. The van der Waals surface area contributed by atoms with Crippen LogP contribution in [0.2, 0.25) is 0 Å². The molecule has 1 aliphatic carbocycles. The molecule has 0 spiro atoms. The monoisotopic (exact) mass is 706 g/mol. The highest BCUT2D eigenvalue weighted by Crippen LogP contribution is 2.46. The number of aromatic nitrogens is 4. The highest BCUT2D eigenvalue weighted by atomic mass is 32.2. The van der Waals surface area contributed by atoms with Gasteiger partial charge in [-0.3, -0.25) is 4.68 Å². The molecule has 0 aliphatic heterocycles. The Hall–Kier alpha value is -5.64. The normalized spacial score (nSPS) is 14.6. The van der Waals surface area contributed by atoms with Crippen LogP contribution in [0.25, 0.3) is 43.9 Å². The Labute approximate surface area is 301 Å². The number of sulfone groups is 1. The minimum atomic E-state index is -3.36. The van der Waals surface area contributed by atoms with E-state index < -0.39 is 15.4 Å². The quantitative estimate of drug-likeness (QED) is 0.149. The molecule has 9 heteroatoms. The molecule has 3 aromatic heterocycles. The van der Waals surface area contributed by atoms with E-state index in [0.29, 0.717) is 9.90 Å². The number of hydrogen-bond donors (Lipinski definition) is 0. The van der Waals surface area contributed by atoms with Gasteiger partial charge in [-0.1, -0.05) is 91.0 Å². The number of allylic oxidation sites excluding steroid dienone is 4. The van der Waals surface area contributed by atoms with Crippen LogP contribution in [0, 0.1) is 5.92 Å². The summed E-state index contributed by atoms with van der Waals surface area (Å²) in [5.41, 5.74) is 6.65. The lowest BCUT2D eigenvalue weighted by Crippen LogP contribution is -2.43. The summed E-state index contributed by atoms with van der Waals surface area (Å²) in [7, 11) is -1.69. The maximum Gasteiger partial charge on any atom is 0.184 e. The molecule has 1 aliphatic rings. The molecule has 4 aromatic carbocycles. The Morgan fingerprint density at radius 2 is 1.51 bits per heavy atom. The van der Waals surface area contributed by atoms with Crippen LogP contribution in [0.3, 0.4) is 0 Å². The van der Waals surface area contributed by atoms with E-state index >= 15 is 0 Å². The highest BCUT2D eigenvalue weighted by molar-refractivity contribution is 7.92. The summed E-state index contributed by atoms with van der Waals surface area (Å²) in [4.78, 5) is 9.98. The molecule has 0 saturated heterocycles. The van der Waals surface area contributed by atoms with Crippen LogP contribution in [0.5, 0.6) is 5.75 Å². The molecule has 1 atom stereocenters. The second-order valence-electron chi connectivity index (χ2n) is 12.6. The molecule has 252 valence electrons. The molecule has 0 radical (unpaired) electrons. The van der Waals surface area contributed by atoms with Gasteiger partial charge in [-0.2, -0.15) is 5.10 Å². The summed E-state index contributed by atoms with van der Waals surface area (Å²) in [6.45, 7) is 0. The van der Waals surface area contributed by atoms with Crippen molar-refractivity contribution in [3.05, 3.63) is 163 Å². The summed E-state index contributed by atoms with van der Waals surface area (Å²) in [5, 5.41) is 6.35.